The zero-order valence-electron chi connectivity index (χ0n) is 13.0. The first-order valence-corrected chi connectivity index (χ1v) is 7.30. The van der Waals surface area contributed by atoms with Crippen molar-refractivity contribution in [3.8, 4) is 0 Å². The van der Waals surface area contributed by atoms with Crippen LogP contribution in [-0.2, 0) is 4.79 Å². The first kappa shape index (κ1) is 15.8. The van der Waals surface area contributed by atoms with Gasteiger partial charge in [-0.3, -0.25) is 9.80 Å². The maximum Gasteiger partial charge on any atom is 0.267 e. The van der Waals surface area contributed by atoms with Gasteiger partial charge in [0.1, 0.15) is 5.71 Å². The van der Waals surface area contributed by atoms with E-state index in [9.17, 15) is 4.79 Å². The molecule has 4 heteroatoms. The Bertz CT molecular complexity index is 629. The lowest BCUT2D eigenvalue weighted by atomic mass is 10.0. The number of allylic oxidation sites excluding steroid dienone is 4. The molecule has 4 nitrogen and oxygen atoms in total. The third-order valence-electron chi connectivity index (χ3n) is 3.47. The first-order chi connectivity index (χ1) is 10.7. The maximum atomic E-state index is 11.9. The molecule has 1 aliphatic rings. The molecule has 1 amide bonds. The minimum absolute atomic E-state index is 0.0101. The molecule has 22 heavy (non-hydrogen) atoms. The highest BCUT2D eigenvalue weighted by molar-refractivity contribution is 6.39. The Morgan fingerprint density at radius 1 is 1.41 bits per heavy atom. The minimum atomic E-state index is -0.137. The van der Waals surface area contributed by atoms with Crippen molar-refractivity contribution in [2.24, 2.45) is 5.10 Å². The van der Waals surface area contributed by atoms with Gasteiger partial charge in [-0.2, -0.15) is 5.10 Å². The summed E-state index contributed by atoms with van der Waals surface area (Å²) in [6, 6.07) is 10.1. The van der Waals surface area contributed by atoms with E-state index in [2.05, 4.69) is 29.1 Å². The highest BCUT2D eigenvalue weighted by Gasteiger charge is 2.32. The largest absolute Gasteiger partial charge is 0.354 e. The smallest absolute Gasteiger partial charge is 0.267 e. The number of hydrogen-bond acceptors (Lipinski definition) is 3. The summed E-state index contributed by atoms with van der Waals surface area (Å²) < 4.78 is 0. The highest BCUT2D eigenvalue weighted by Crippen LogP contribution is 2.34. The number of carbonyl (C=O) groups is 1. The van der Waals surface area contributed by atoms with E-state index in [-0.39, 0.29) is 11.9 Å². The second-order valence-electron chi connectivity index (χ2n) is 4.93. The van der Waals surface area contributed by atoms with Crippen molar-refractivity contribution in [2.75, 3.05) is 7.05 Å². The van der Waals surface area contributed by atoms with Gasteiger partial charge in [-0.1, -0.05) is 49.1 Å². The van der Waals surface area contributed by atoms with Crippen molar-refractivity contribution in [3.63, 3.8) is 0 Å². The summed E-state index contributed by atoms with van der Waals surface area (Å²) in [5, 5.41) is 9.06. The Kier molecular flexibility index (Phi) is 5.31. The molecular weight excluding hydrogens is 274 g/mol. The summed E-state index contributed by atoms with van der Waals surface area (Å²) >= 11 is 0. The maximum absolute atomic E-state index is 11.9. The lowest BCUT2D eigenvalue weighted by molar-refractivity contribution is -0.114. The quantitative estimate of drug-likeness (QED) is 0.848. The SMILES string of the molecule is C=C/C=C(\C=C/C)N1N=C(C(=O)NC)CC1c1ccccc1. The van der Waals surface area contributed by atoms with E-state index in [4.69, 9.17) is 0 Å². The van der Waals surface area contributed by atoms with Crippen LogP contribution in [0.5, 0.6) is 0 Å². The lowest BCUT2D eigenvalue weighted by Gasteiger charge is -2.24. The summed E-state index contributed by atoms with van der Waals surface area (Å²) in [5.41, 5.74) is 2.57. The van der Waals surface area contributed by atoms with Crippen molar-refractivity contribution in [3.05, 3.63) is 72.5 Å². The van der Waals surface area contributed by atoms with Crippen LogP contribution < -0.4 is 5.32 Å². The van der Waals surface area contributed by atoms with Crippen LogP contribution in [0.25, 0.3) is 0 Å². The van der Waals surface area contributed by atoms with Gasteiger partial charge in [0.2, 0.25) is 0 Å². The Morgan fingerprint density at radius 3 is 2.73 bits per heavy atom. The van der Waals surface area contributed by atoms with Crippen LogP contribution in [0.3, 0.4) is 0 Å². The summed E-state index contributed by atoms with van der Waals surface area (Å²) in [7, 11) is 1.62. The van der Waals surface area contributed by atoms with Crippen molar-refractivity contribution in [2.45, 2.75) is 19.4 Å². The minimum Gasteiger partial charge on any atom is -0.354 e. The number of hydrogen-bond donors (Lipinski definition) is 1. The zero-order chi connectivity index (χ0) is 15.9. The van der Waals surface area contributed by atoms with Gasteiger partial charge in [0, 0.05) is 13.5 Å². The van der Waals surface area contributed by atoms with Crippen LogP contribution in [0.15, 0.2) is 72.0 Å². The van der Waals surface area contributed by atoms with Crippen LogP contribution in [0, 0.1) is 0 Å². The molecule has 0 fully saturated rings. The molecule has 1 aromatic carbocycles. The van der Waals surface area contributed by atoms with Crippen molar-refractivity contribution in [1.82, 2.24) is 10.3 Å². The fourth-order valence-electron chi connectivity index (χ4n) is 2.46. The van der Waals surface area contributed by atoms with E-state index in [0.717, 1.165) is 11.3 Å². The Morgan fingerprint density at radius 2 is 2.14 bits per heavy atom. The average Bonchev–Trinajstić information content (AvgIpc) is 3.00. The molecule has 1 aliphatic heterocycles. The molecule has 0 aliphatic carbocycles. The Balaban J connectivity index is 2.42. The van der Waals surface area contributed by atoms with Crippen molar-refractivity contribution >= 4 is 11.6 Å². The number of hydrazone groups is 1. The number of amides is 1. The van der Waals surface area contributed by atoms with Crippen molar-refractivity contribution < 1.29 is 4.79 Å². The lowest BCUT2D eigenvalue weighted by Crippen LogP contribution is -2.26. The molecule has 1 atom stereocenters. The molecule has 1 heterocycles. The average molecular weight is 295 g/mol. The van der Waals surface area contributed by atoms with Gasteiger partial charge in [-0.05, 0) is 24.6 Å². The molecular formula is C18H21N3O. The third-order valence-corrected chi connectivity index (χ3v) is 3.47. The fraction of sp³-hybridized carbons (Fsp3) is 0.222. The third kappa shape index (κ3) is 3.34. The van der Waals surface area contributed by atoms with E-state index in [0.29, 0.717) is 12.1 Å². The molecule has 114 valence electrons. The summed E-state index contributed by atoms with van der Waals surface area (Å²) in [4.78, 5) is 11.9. The highest BCUT2D eigenvalue weighted by atomic mass is 16.1. The van der Waals surface area contributed by atoms with Gasteiger partial charge in [-0.15, -0.1) is 0 Å². The van der Waals surface area contributed by atoms with E-state index in [1.54, 1.807) is 13.1 Å². The molecule has 0 spiro atoms. The van der Waals surface area contributed by atoms with Crippen LogP contribution in [0.2, 0.25) is 0 Å². The van der Waals surface area contributed by atoms with Gasteiger partial charge in [0.05, 0.1) is 11.7 Å². The normalized spacial score (nSPS) is 18.5. The molecule has 0 bridgehead atoms. The topological polar surface area (TPSA) is 44.7 Å². The zero-order valence-corrected chi connectivity index (χ0v) is 13.0. The van der Waals surface area contributed by atoms with E-state index in [1.165, 1.54) is 0 Å². The Labute approximate surface area is 131 Å². The molecule has 0 aromatic heterocycles. The molecule has 0 saturated heterocycles. The number of rotatable bonds is 5. The first-order valence-electron chi connectivity index (χ1n) is 7.30. The second kappa shape index (κ2) is 7.41. The predicted octanol–water partition coefficient (Wildman–Crippen LogP) is 3.18. The predicted molar refractivity (Wildman–Crippen MR) is 90.2 cm³/mol. The van der Waals surface area contributed by atoms with Gasteiger partial charge in [0.25, 0.3) is 5.91 Å². The van der Waals surface area contributed by atoms with Crippen LogP contribution >= 0.6 is 0 Å². The Hall–Kier alpha value is -2.62. The molecule has 1 N–H and O–H groups in total. The fourth-order valence-corrected chi connectivity index (χ4v) is 2.46. The van der Waals surface area contributed by atoms with Gasteiger partial charge in [-0.25, -0.2) is 0 Å². The standard InChI is InChI=1S/C18H21N3O/c1-4-9-15(10-5-2)21-17(14-11-7-6-8-12-14)13-16(20-21)18(22)19-3/h4-12,17H,1,13H2,2-3H3,(H,19,22)/b10-5-,15-9+. The molecule has 1 unspecified atom stereocenters. The number of carbonyl (C=O) groups excluding carboxylic acids is 1. The second-order valence-corrected chi connectivity index (χ2v) is 4.93. The van der Waals surface area contributed by atoms with Gasteiger partial charge < -0.3 is 5.32 Å². The molecule has 0 saturated carbocycles. The van der Waals surface area contributed by atoms with Crippen molar-refractivity contribution in [1.29, 1.82) is 0 Å². The van der Waals surface area contributed by atoms with Crippen LogP contribution in [0.4, 0.5) is 0 Å². The van der Waals surface area contributed by atoms with Gasteiger partial charge >= 0.3 is 0 Å². The van der Waals surface area contributed by atoms with E-state index >= 15 is 0 Å². The van der Waals surface area contributed by atoms with Crippen LogP contribution in [-0.4, -0.2) is 23.7 Å². The summed E-state index contributed by atoms with van der Waals surface area (Å²) in [5.74, 6) is -0.137. The van der Waals surface area contributed by atoms with E-state index in [1.807, 2.05) is 48.4 Å². The van der Waals surface area contributed by atoms with Crippen LogP contribution in [0.1, 0.15) is 24.9 Å². The molecule has 2 rings (SSSR count). The van der Waals surface area contributed by atoms with E-state index < -0.39 is 0 Å². The summed E-state index contributed by atoms with van der Waals surface area (Å²) in [6.07, 6.45) is 8.12. The number of benzene rings is 1. The van der Waals surface area contributed by atoms with Gasteiger partial charge in [0.15, 0.2) is 0 Å². The summed E-state index contributed by atoms with van der Waals surface area (Å²) in [6.45, 7) is 5.71. The molecule has 1 aromatic rings. The number of nitrogens with one attached hydrogen (secondary N) is 1. The monoisotopic (exact) mass is 295 g/mol. The number of nitrogens with zero attached hydrogens (tertiary/aromatic N) is 2. The molecule has 0 radical (unpaired) electrons.